The molecule has 0 unspecified atom stereocenters. The molecule has 0 saturated carbocycles. The van der Waals surface area contributed by atoms with Gasteiger partial charge in [-0.25, -0.2) is 0 Å². The Labute approximate surface area is 169 Å². The summed E-state index contributed by atoms with van der Waals surface area (Å²) in [7, 11) is 0. The molecule has 0 aliphatic carbocycles. The molecule has 0 atom stereocenters. The zero-order chi connectivity index (χ0) is 19.9. The summed E-state index contributed by atoms with van der Waals surface area (Å²) < 4.78 is 0. The molecule has 6 N–H and O–H groups in total. The van der Waals surface area contributed by atoms with E-state index in [0.717, 1.165) is 52.1 Å². The van der Waals surface area contributed by atoms with E-state index in [2.05, 4.69) is 71.3 Å². The van der Waals surface area contributed by atoms with Crippen LogP contribution in [0, 0.1) is 0 Å². The van der Waals surface area contributed by atoms with Gasteiger partial charge >= 0.3 is 0 Å². The third kappa shape index (κ3) is 8.36. The first kappa shape index (κ1) is 22.3. The highest BCUT2D eigenvalue weighted by atomic mass is 14.9. The van der Waals surface area contributed by atoms with Crippen LogP contribution in [0.25, 0.3) is 21.5 Å². The SMILES string of the molecule is NCCCNCCCCNCCCN.c1ccc2cc3ccccc3cc2c1. The van der Waals surface area contributed by atoms with Crippen LogP contribution in [-0.2, 0) is 0 Å². The Kier molecular flexibility index (Phi) is 11.2. The fourth-order valence-corrected chi connectivity index (χ4v) is 3.09. The van der Waals surface area contributed by atoms with Crippen LogP contribution in [0.2, 0.25) is 0 Å². The van der Waals surface area contributed by atoms with Crippen LogP contribution in [-0.4, -0.2) is 39.3 Å². The number of benzene rings is 3. The maximum absolute atomic E-state index is 5.38. The summed E-state index contributed by atoms with van der Waals surface area (Å²) in [6.07, 6.45) is 4.63. The van der Waals surface area contributed by atoms with Crippen molar-refractivity contribution in [2.75, 3.05) is 39.3 Å². The molecule has 0 bridgehead atoms. The molecule has 4 nitrogen and oxygen atoms in total. The normalized spacial score (nSPS) is 10.8. The number of nitrogens with one attached hydrogen (secondary N) is 2. The smallest absolute Gasteiger partial charge is 0.00369 e. The molecule has 0 saturated heterocycles. The van der Waals surface area contributed by atoms with Crippen molar-refractivity contribution in [3.8, 4) is 0 Å². The fourth-order valence-electron chi connectivity index (χ4n) is 3.09. The molecular formula is C24H36N4. The topological polar surface area (TPSA) is 76.1 Å². The second-order valence-electron chi connectivity index (χ2n) is 7.04. The van der Waals surface area contributed by atoms with Crippen LogP contribution in [0.5, 0.6) is 0 Å². The molecule has 0 aliphatic rings. The van der Waals surface area contributed by atoms with Crippen molar-refractivity contribution in [3.05, 3.63) is 60.7 Å². The molecule has 152 valence electrons. The highest BCUT2D eigenvalue weighted by molar-refractivity contribution is 5.98. The third-order valence-corrected chi connectivity index (χ3v) is 4.69. The molecular weight excluding hydrogens is 344 g/mol. The van der Waals surface area contributed by atoms with E-state index in [9.17, 15) is 0 Å². The van der Waals surface area contributed by atoms with E-state index in [1.54, 1.807) is 0 Å². The Hall–Kier alpha value is -1.98. The van der Waals surface area contributed by atoms with E-state index in [0.29, 0.717) is 0 Å². The largest absolute Gasteiger partial charge is 0.330 e. The Balaban J connectivity index is 0.000000200. The van der Waals surface area contributed by atoms with E-state index >= 15 is 0 Å². The van der Waals surface area contributed by atoms with Gasteiger partial charge in [0.2, 0.25) is 0 Å². The molecule has 3 aromatic rings. The van der Waals surface area contributed by atoms with Crippen LogP contribution in [0.4, 0.5) is 0 Å². The molecule has 3 aromatic carbocycles. The van der Waals surface area contributed by atoms with Crippen LogP contribution in [0.1, 0.15) is 25.7 Å². The molecule has 0 radical (unpaired) electrons. The number of rotatable bonds is 11. The van der Waals surface area contributed by atoms with Crippen molar-refractivity contribution in [1.29, 1.82) is 0 Å². The predicted octanol–water partition coefficient (Wildman–Crippen LogP) is 3.64. The predicted molar refractivity (Wildman–Crippen MR) is 124 cm³/mol. The van der Waals surface area contributed by atoms with Crippen molar-refractivity contribution in [3.63, 3.8) is 0 Å². The quantitative estimate of drug-likeness (QED) is 0.303. The first-order chi connectivity index (χ1) is 13.8. The van der Waals surface area contributed by atoms with Gasteiger partial charge in [0.25, 0.3) is 0 Å². The van der Waals surface area contributed by atoms with E-state index in [1.165, 1.54) is 34.4 Å². The van der Waals surface area contributed by atoms with E-state index in [4.69, 9.17) is 11.5 Å². The Bertz CT molecular complexity index is 671. The minimum absolute atomic E-state index is 0.785. The molecule has 0 heterocycles. The van der Waals surface area contributed by atoms with Gasteiger partial charge in [0, 0.05) is 0 Å². The molecule has 0 fully saturated rings. The third-order valence-electron chi connectivity index (χ3n) is 4.69. The molecule has 0 aliphatic heterocycles. The first-order valence-electron chi connectivity index (χ1n) is 10.5. The zero-order valence-corrected chi connectivity index (χ0v) is 17.0. The summed E-state index contributed by atoms with van der Waals surface area (Å²) >= 11 is 0. The minimum Gasteiger partial charge on any atom is -0.330 e. The van der Waals surface area contributed by atoms with Gasteiger partial charge in [-0.3, -0.25) is 0 Å². The summed E-state index contributed by atoms with van der Waals surface area (Å²) in [5.41, 5.74) is 10.8. The fraction of sp³-hybridized carbons (Fsp3) is 0.417. The van der Waals surface area contributed by atoms with Gasteiger partial charge in [0.1, 0.15) is 0 Å². The lowest BCUT2D eigenvalue weighted by atomic mass is 10.0. The molecule has 0 spiro atoms. The van der Waals surface area contributed by atoms with E-state index in [1.807, 2.05) is 0 Å². The first-order valence-corrected chi connectivity index (χ1v) is 10.5. The monoisotopic (exact) mass is 380 g/mol. The van der Waals surface area contributed by atoms with Gasteiger partial charge in [-0.2, -0.15) is 0 Å². The summed E-state index contributed by atoms with van der Waals surface area (Å²) in [6, 6.07) is 21.4. The second-order valence-corrected chi connectivity index (χ2v) is 7.04. The molecule has 0 aromatic heterocycles. The number of nitrogens with two attached hydrogens (primary N) is 2. The lowest BCUT2D eigenvalue weighted by molar-refractivity contribution is 0.570. The maximum Gasteiger partial charge on any atom is -0.00369 e. The molecule has 28 heavy (non-hydrogen) atoms. The summed E-state index contributed by atoms with van der Waals surface area (Å²) in [4.78, 5) is 0. The Morgan fingerprint density at radius 2 is 0.821 bits per heavy atom. The van der Waals surface area contributed by atoms with Gasteiger partial charge in [0.05, 0.1) is 0 Å². The Morgan fingerprint density at radius 3 is 1.14 bits per heavy atom. The van der Waals surface area contributed by atoms with Gasteiger partial charge in [-0.15, -0.1) is 0 Å². The lowest BCUT2D eigenvalue weighted by Gasteiger charge is -2.04. The highest BCUT2D eigenvalue weighted by Gasteiger charge is 1.95. The molecule has 3 rings (SSSR count). The van der Waals surface area contributed by atoms with Crippen LogP contribution in [0.15, 0.2) is 60.7 Å². The highest BCUT2D eigenvalue weighted by Crippen LogP contribution is 2.21. The average Bonchev–Trinajstić information content (AvgIpc) is 2.74. The van der Waals surface area contributed by atoms with Crippen LogP contribution >= 0.6 is 0 Å². The van der Waals surface area contributed by atoms with Crippen molar-refractivity contribution in [1.82, 2.24) is 10.6 Å². The van der Waals surface area contributed by atoms with Gasteiger partial charge < -0.3 is 22.1 Å². The number of hydrogen-bond acceptors (Lipinski definition) is 4. The summed E-state index contributed by atoms with van der Waals surface area (Å²) in [5, 5.41) is 12.0. The van der Waals surface area contributed by atoms with Crippen molar-refractivity contribution in [2.24, 2.45) is 11.5 Å². The molecule has 0 amide bonds. The standard InChI is InChI=1S/C14H10.C10H26N4/c1-2-6-12-10-14-8-4-3-7-13(14)9-11(12)5-1;11-5-3-9-13-7-1-2-8-14-10-4-6-12/h1-10H;13-14H,1-12H2. The van der Waals surface area contributed by atoms with Gasteiger partial charge in [-0.1, -0.05) is 48.5 Å². The number of fused-ring (bicyclic) bond motifs is 2. The second kappa shape index (κ2) is 14.1. The minimum atomic E-state index is 0.785. The van der Waals surface area contributed by atoms with Crippen LogP contribution in [0.3, 0.4) is 0 Å². The van der Waals surface area contributed by atoms with Crippen molar-refractivity contribution in [2.45, 2.75) is 25.7 Å². The summed E-state index contributed by atoms with van der Waals surface area (Å²) in [6.45, 7) is 5.90. The van der Waals surface area contributed by atoms with Gasteiger partial charge in [-0.05, 0) is 98.6 Å². The zero-order valence-electron chi connectivity index (χ0n) is 17.0. The van der Waals surface area contributed by atoms with E-state index < -0.39 is 0 Å². The lowest BCUT2D eigenvalue weighted by Crippen LogP contribution is -2.22. The van der Waals surface area contributed by atoms with Crippen LogP contribution < -0.4 is 22.1 Å². The van der Waals surface area contributed by atoms with Crippen molar-refractivity contribution >= 4 is 21.5 Å². The molecule has 4 heteroatoms. The average molecular weight is 381 g/mol. The number of hydrogen-bond donors (Lipinski definition) is 4. The van der Waals surface area contributed by atoms with Gasteiger partial charge in [0.15, 0.2) is 0 Å². The van der Waals surface area contributed by atoms with Crippen molar-refractivity contribution < 1.29 is 0 Å². The number of unbranched alkanes of at least 4 members (excludes halogenated alkanes) is 1. The van der Waals surface area contributed by atoms with E-state index in [-0.39, 0.29) is 0 Å². The summed E-state index contributed by atoms with van der Waals surface area (Å²) in [5.74, 6) is 0. The maximum atomic E-state index is 5.38. The Morgan fingerprint density at radius 1 is 0.500 bits per heavy atom.